The number of nitrogens with zero attached hydrogens (tertiary/aromatic N) is 2. The van der Waals surface area contributed by atoms with Gasteiger partial charge in [0.25, 0.3) is 13.1 Å². The van der Waals surface area contributed by atoms with Crippen LogP contribution in [-0.4, -0.2) is 38.1 Å². The summed E-state index contributed by atoms with van der Waals surface area (Å²) in [5, 5.41) is 0. The molecule has 52 valence electrons. The summed E-state index contributed by atoms with van der Waals surface area (Å²) in [4.78, 5) is 5.57. The van der Waals surface area contributed by atoms with Crippen molar-refractivity contribution in [2.75, 3.05) is 33.2 Å². The Balaban J connectivity index is 3.07. The van der Waals surface area contributed by atoms with E-state index in [1.807, 2.05) is 7.05 Å². The van der Waals surface area contributed by atoms with Crippen molar-refractivity contribution in [1.82, 2.24) is 4.90 Å². The first-order valence-electron chi connectivity index (χ1n) is 3.06. The van der Waals surface area contributed by atoms with Crippen LogP contribution in [0.4, 0.5) is 0 Å². The van der Waals surface area contributed by atoms with E-state index in [9.17, 15) is 0 Å². The summed E-state index contributed by atoms with van der Waals surface area (Å²) < 4.78 is 0. The van der Waals surface area contributed by atoms with Gasteiger partial charge in [0.15, 0.2) is 0 Å². The van der Waals surface area contributed by atoms with Gasteiger partial charge in [0.05, 0.1) is 6.54 Å². The van der Waals surface area contributed by atoms with Crippen molar-refractivity contribution in [1.29, 1.82) is 0 Å². The van der Waals surface area contributed by atoms with E-state index in [2.05, 4.69) is 9.74 Å². The molecule has 0 atom stereocenters. The SMILES string of the molecule is C#[N+]CCN(C)CCN. The number of likely N-dealkylation sites (N-methyl/N-ethyl adjacent to an activating group) is 1. The highest BCUT2D eigenvalue weighted by atomic mass is 15.1. The lowest BCUT2D eigenvalue weighted by atomic mass is 10.5. The predicted molar refractivity (Wildman–Crippen MR) is 39.7 cm³/mol. The normalized spacial score (nSPS) is 9.56. The van der Waals surface area contributed by atoms with Crippen molar-refractivity contribution in [3.8, 4) is 6.57 Å². The van der Waals surface area contributed by atoms with E-state index in [1.165, 1.54) is 0 Å². The topological polar surface area (TPSA) is 33.6 Å². The Kier molecular flexibility index (Phi) is 5.18. The van der Waals surface area contributed by atoms with Gasteiger partial charge in [-0.1, -0.05) is 4.85 Å². The zero-order valence-corrected chi connectivity index (χ0v) is 5.88. The van der Waals surface area contributed by atoms with Gasteiger partial charge in [-0.2, -0.15) is 0 Å². The smallest absolute Gasteiger partial charge is 0.275 e. The maximum Gasteiger partial charge on any atom is 0.275 e. The molecule has 0 aliphatic carbocycles. The summed E-state index contributed by atoms with van der Waals surface area (Å²) in [6, 6.07) is 0. The molecule has 0 aromatic heterocycles. The number of nitrogens with two attached hydrogens (primary N) is 1. The van der Waals surface area contributed by atoms with E-state index in [4.69, 9.17) is 12.3 Å². The minimum atomic E-state index is 0.691. The standard InChI is InChI=1S/C6H14N3/c1-8-4-6-9(2)5-3-7/h1H,3-7H2,2H3/q+1. The van der Waals surface area contributed by atoms with Crippen LogP contribution in [0.15, 0.2) is 0 Å². The lowest BCUT2D eigenvalue weighted by Gasteiger charge is -2.09. The molecule has 0 heterocycles. The van der Waals surface area contributed by atoms with Crippen molar-refractivity contribution in [3.05, 3.63) is 4.85 Å². The van der Waals surface area contributed by atoms with Crippen LogP contribution in [0.2, 0.25) is 0 Å². The molecule has 3 heteroatoms. The van der Waals surface area contributed by atoms with Gasteiger partial charge in [-0.05, 0) is 7.05 Å². The van der Waals surface area contributed by atoms with Gasteiger partial charge >= 0.3 is 0 Å². The quantitative estimate of drug-likeness (QED) is 0.570. The molecule has 0 aromatic carbocycles. The molecule has 0 bridgehead atoms. The largest absolute Gasteiger partial charge is 0.329 e. The van der Waals surface area contributed by atoms with Gasteiger partial charge in [-0.25, -0.2) is 0 Å². The van der Waals surface area contributed by atoms with Crippen LogP contribution in [0.25, 0.3) is 4.85 Å². The summed E-state index contributed by atoms with van der Waals surface area (Å²) in [6.45, 7) is 8.14. The fourth-order valence-corrected chi connectivity index (χ4v) is 0.561. The summed E-state index contributed by atoms with van der Waals surface area (Å²) in [6.07, 6.45) is 0. The van der Waals surface area contributed by atoms with Crippen LogP contribution in [0.1, 0.15) is 0 Å². The van der Waals surface area contributed by atoms with Gasteiger partial charge in [-0.15, -0.1) is 0 Å². The van der Waals surface area contributed by atoms with Gasteiger partial charge in [0.1, 0.15) is 0 Å². The highest BCUT2D eigenvalue weighted by Gasteiger charge is 1.97. The molecule has 0 aliphatic heterocycles. The Bertz CT molecular complexity index is 95.0. The molecule has 3 nitrogen and oxygen atoms in total. The summed E-state index contributed by atoms with van der Waals surface area (Å²) >= 11 is 0. The minimum absolute atomic E-state index is 0.691. The second-order valence-corrected chi connectivity index (χ2v) is 2.00. The molecule has 0 aliphatic rings. The van der Waals surface area contributed by atoms with E-state index in [0.29, 0.717) is 13.1 Å². The molecule has 0 aromatic rings. The summed E-state index contributed by atoms with van der Waals surface area (Å²) in [7, 11) is 2.00. The Labute approximate surface area is 56.3 Å². The van der Waals surface area contributed by atoms with Crippen LogP contribution >= 0.6 is 0 Å². The van der Waals surface area contributed by atoms with Gasteiger partial charge in [0.2, 0.25) is 0 Å². The lowest BCUT2D eigenvalue weighted by molar-refractivity contribution is 0.360. The molecule has 0 unspecified atom stereocenters. The van der Waals surface area contributed by atoms with Crippen LogP contribution in [0.3, 0.4) is 0 Å². The average Bonchev–Trinajstić information content (AvgIpc) is 1.85. The van der Waals surface area contributed by atoms with Crippen LogP contribution in [-0.2, 0) is 0 Å². The van der Waals surface area contributed by atoms with Crippen molar-refractivity contribution in [2.24, 2.45) is 5.73 Å². The van der Waals surface area contributed by atoms with Gasteiger partial charge in [0, 0.05) is 13.1 Å². The number of hydrogen-bond acceptors (Lipinski definition) is 2. The van der Waals surface area contributed by atoms with E-state index in [-0.39, 0.29) is 0 Å². The maximum absolute atomic E-state index is 5.30. The first-order valence-corrected chi connectivity index (χ1v) is 3.06. The molecular formula is C6H14N3+. The zero-order valence-electron chi connectivity index (χ0n) is 5.88. The molecule has 0 rings (SSSR count). The molecule has 0 spiro atoms. The minimum Gasteiger partial charge on any atom is -0.329 e. The molecule has 9 heavy (non-hydrogen) atoms. The fraction of sp³-hybridized carbons (Fsp3) is 0.833. The van der Waals surface area contributed by atoms with E-state index < -0.39 is 0 Å². The highest BCUT2D eigenvalue weighted by Crippen LogP contribution is 1.78. The van der Waals surface area contributed by atoms with Crippen molar-refractivity contribution in [2.45, 2.75) is 0 Å². The van der Waals surface area contributed by atoms with Crippen LogP contribution < -0.4 is 5.73 Å². The molecule has 0 radical (unpaired) electrons. The second kappa shape index (κ2) is 5.54. The molecule has 0 amide bonds. The zero-order chi connectivity index (χ0) is 7.11. The van der Waals surface area contributed by atoms with Crippen molar-refractivity contribution >= 4 is 0 Å². The maximum atomic E-state index is 5.30. The number of rotatable bonds is 4. The molecule has 0 saturated carbocycles. The second-order valence-electron chi connectivity index (χ2n) is 2.00. The van der Waals surface area contributed by atoms with E-state index in [1.54, 1.807) is 0 Å². The number of hydrogen-bond donors (Lipinski definition) is 1. The monoisotopic (exact) mass is 128 g/mol. The Morgan fingerprint density at radius 2 is 2.22 bits per heavy atom. The summed E-state index contributed by atoms with van der Waals surface area (Å²) in [5.74, 6) is 0. The van der Waals surface area contributed by atoms with Crippen LogP contribution in [0.5, 0.6) is 0 Å². The van der Waals surface area contributed by atoms with Crippen LogP contribution in [0, 0.1) is 6.57 Å². The Morgan fingerprint density at radius 3 is 2.67 bits per heavy atom. The van der Waals surface area contributed by atoms with E-state index in [0.717, 1.165) is 13.1 Å². The molecule has 0 fully saturated rings. The fourth-order valence-electron chi connectivity index (χ4n) is 0.561. The third-order valence-electron chi connectivity index (χ3n) is 1.12. The Morgan fingerprint density at radius 1 is 1.56 bits per heavy atom. The predicted octanol–water partition coefficient (Wildman–Crippen LogP) is -0.160. The molecule has 0 saturated heterocycles. The summed E-state index contributed by atoms with van der Waals surface area (Å²) in [5.41, 5.74) is 5.30. The molecule has 2 N–H and O–H groups in total. The lowest BCUT2D eigenvalue weighted by Crippen LogP contribution is -2.27. The van der Waals surface area contributed by atoms with Gasteiger partial charge < -0.3 is 5.73 Å². The first-order chi connectivity index (χ1) is 4.31. The first kappa shape index (κ1) is 8.41. The molecular weight excluding hydrogens is 114 g/mol. The Hall–Kier alpha value is -0.590. The third kappa shape index (κ3) is 5.28. The van der Waals surface area contributed by atoms with Gasteiger partial charge in [-0.3, -0.25) is 4.90 Å². The third-order valence-corrected chi connectivity index (χ3v) is 1.12. The average molecular weight is 128 g/mol. The van der Waals surface area contributed by atoms with E-state index >= 15 is 0 Å². The highest BCUT2D eigenvalue weighted by molar-refractivity contribution is 4.68. The van der Waals surface area contributed by atoms with Crippen molar-refractivity contribution in [3.63, 3.8) is 0 Å². The van der Waals surface area contributed by atoms with Crippen molar-refractivity contribution < 1.29 is 0 Å².